The summed E-state index contributed by atoms with van der Waals surface area (Å²) >= 11 is 0. The summed E-state index contributed by atoms with van der Waals surface area (Å²) < 4.78 is 5.27. The van der Waals surface area contributed by atoms with Crippen LogP contribution in [-0.2, 0) is 9.53 Å². The molecule has 1 atom stereocenters. The minimum Gasteiger partial charge on any atom is -0.351 e. The molecule has 0 aromatic carbocycles. The maximum atomic E-state index is 10.9. The molecule has 0 saturated heterocycles. The zero-order valence-corrected chi connectivity index (χ0v) is 6.70. The average Bonchev–Trinajstić information content (AvgIpc) is 2.19. The first-order valence-corrected chi connectivity index (χ1v) is 3.52. The van der Waals surface area contributed by atoms with Gasteiger partial charge < -0.3 is 4.74 Å². The summed E-state index contributed by atoms with van der Waals surface area (Å²) in [5.74, 6) is 5.22. The van der Waals surface area contributed by atoms with Crippen LogP contribution >= 0.6 is 0 Å². The normalized spacial score (nSPS) is 30.1. The smallest absolute Gasteiger partial charge is 0.263 e. The number of nitrogens with zero attached hydrogens (tertiary/aromatic N) is 1. The van der Waals surface area contributed by atoms with Crippen LogP contribution in [0, 0.1) is 0 Å². The van der Waals surface area contributed by atoms with Crippen LogP contribution in [0.1, 0.15) is 13.8 Å². The number of carbonyl (C=O) groups is 1. The van der Waals surface area contributed by atoms with E-state index in [1.165, 1.54) is 6.08 Å². The predicted octanol–water partition coefficient (Wildman–Crippen LogP) is 0.0112. The molecule has 0 aromatic rings. The van der Waals surface area contributed by atoms with Crippen molar-refractivity contribution in [2.75, 3.05) is 6.61 Å². The summed E-state index contributed by atoms with van der Waals surface area (Å²) in [4.78, 5) is 10.9. The molecule has 11 heavy (non-hydrogen) atoms. The van der Waals surface area contributed by atoms with Crippen LogP contribution in [0.3, 0.4) is 0 Å². The molecule has 1 aliphatic heterocycles. The molecule has 0 aliphatic carbocycles. The standard InChI is InChI=1S/C7H12N2O2/c1-3-11-7(2)5-4-6(10)9(7)8/h4-5H,3,8H2,1-2H3. The van der Waals surface area contributed by atoms with Crippen molar-refractivity contribution in [3.63, 3.8) is 0 Å². The third-order valence-corrected chi connectivity index (χ3v) is 1.69. The summed E-state index contributed by atoms with van der Waals surface area (Å²) in [5.41, 5.74) is -0.744. The van der Waals surface area contributed by atoms with Gasteiger partial charge in [0, 0.05) is 12.7 Å². The largest absolute Gasteiger partial charge is 0.351 e. The van der Waals surface area contributed by atoms with Gasteiger partial charge >= 0.3 is 0 Å². The fraction of sp³-hybridized carbons (Fsp3) is 0.571. The molecule has 1 rings (SSSR count). The Balaban J connectivity index is 2.73. The van der Waals surface area contributed by atoms with E-state index in [2.05, 4.69) is 0 Å². The van der Waals surface area contributed by atoms with Crippen molar-refractivity contribution in [1.29, 1.82) is 0 Å². The molecule has 2 N–H and O–H groups in total. The summed E-state index contributed by atoms with van der Waals surface area (Å²) in [6, 6.07) is 0. The number of hydrogen-bond acceptors (Lipinski definition) is 3. The van der Waals surface area contributed by atoms with Crippen molar-refractivity contribution in [2.45, 2.75) is 19.6 Å². The molecule has 1 aliphatic rings. The van der Waals surface area contributed by atoms with Gasteiger partial charge in [-0.05, 0) is 19.9 Å². The predicted molar refractivity (Wildman–Crippen MR) is 40.2 cm³/mol. The molecular formula is C7H12N2O2. The zero-order valence-electron chi connectivity index (χ0n) is 6.70. The molecule has 0 fully saturated rings. The Kier molecular flexibility index (Phi) is 1.97. The number of rotatable bonds is 2. The molecule has 62 valence electrons. The summed E-state index contributed by atoms with van der Waals surface area (Å²) in [7, 11) is 0. The molecule has 0 saturated carbocycles. The van der Waals surface area contributed by atoms with E-state index in [0.29, 0.717) is 6.61 Å². The van der Waals surface area contributed by atoms with Crippen molar-refractivity contribution in [3.05, 3.63) is 12.2 Å². The van der Waals surface area contributed by atoms with Gasteiger partial charge in [0.15, 0.2) is 5.72 Å². The molecule has 1 heterocycles. The van der Waals surface area contributed by atoms with E-state index in [1.54, 1.807) is 13.0 Å². The third kappa shape index (κ3) is 1.27. The highest BCUT2D eigenvalue weighted by molar-refractivity contribution is 5.90. The van der Waals surface area contributed by atoms with E-state index in [9.17, 15) is 4.79 Å². The van der Waals surface area contributed by atoms with E-state index in [4.69, 9.17) is 10.6 Å². The Morgan fingerprint density at radius 1 is 1.82 bits per heavy atom. The van der Waals surface area contributed by atoms with Crippen molar-refractivity contribution in [3.8, 4) is 0 Å². The van der Waals surface area contributed by atoms with Crippen LogP contribution in [0.15, 0.2) is 12.2 Å². The van der Waals surface area contributed by atoms with E-state index in [0.717, 1.165) is 5.01 Å². The molecule has 0 aromatic heterocycles. The Morgan fingerprint density at radius 2 is 2.45 bits per heavy atom. The van der Waals surface area contributed by atoms with E-state index in [-0.39, 0.29) is 5.91 Å². The molecule has 0 radical (unpaired) electrons. The van der Waals surface area contributed by atoms with Crippen molar-refractivity contribution in [2.24, 2.45) is 5.84 Å². The van der Waals surface area contributed by atoms with E-state index < -0.39 is 5.72 Å². The second-order valence-corrected chi connectivity index (χ2v) is 2.53. The van der Waals surface area contributed by atoms with Gasteiger partial charge in [0.05, 0.1) is 0 Å². The molecule has 4 nitrogen and oxygen atoms in total. The van der Waals surface area contributed by atoms with Crippen molar-refractivity contribution >= 4 is 5.91 Å². The maximum Gasteiger partial charge on any atom is 0.263 e. The van der Waals surface area contributed by atoms with Gasteiger partial charge in [0.2, 0.25) is 0 Å². The Bertz CT molecular complexity index is 203. The van der Waals surface area contributed by atoms with Crippen LogP contribution in [0.5, 0.6) is 0 Å². The highest BCUT2D eigenvalue weighted by Gasteiger charge is 2.35. The second-order valence-electron chi connectivity index (χ2n) is 2.53. The lowest BCUT2D eigenvalue weighted by Gasteiger charge is -2.29. The van der Waals surface area contributed by atoms with Gasteiger partial charge in [-0.3, -0.25) is 4.79 Å². The fourth-order valence-electron chi connectivity index (χ4n) is 1.02. The SMILES string of the molecule is CCOC1(C)C=CC(=O)N1N. The lowest BCUT2D eigenvalue weighted by molar-refractivity contribution is -0.148. The number of carbonyl (C=O) groups excluding carboxylic acids is 1. The van der Waals surface area contributed by atoms with Gasteiger partial charge in [0.1, 0.15) is 0 Å². The summed E-state index contributed by atoms with van der Waals surface area (Å²) in [6.45, 7) is 4.13. The van der Waals surface area contributed by atoms with Crippen LogP contribution in [-0.4, -0.2) is 23.2 Å². The summed E-state index contributed by atoms with van der Waals surface area (Å²) in [6.07, 6.45) is 3.06. The number of amides is 1. The van der Waals surface area contributed by atoms with Gasteiger partial charge in [-0.2, -0.15) is 0 Å². The molecule has 1 unspecified atom stereocenters. The average molecular weight is 156 g/mol. The molecule has 4 heteroatoms. The molecule has 0 bridgehead atoms. The van der Waals surface area contributed by atoms with Gasteiger partial charge in [-0.25, -0.2) is 10.9 Å². The number of ether oxygens (including phenoxy) is 1. The van der Waals surface area contributed by atoms with E-state index >= 15 is 0 Å². The minimum absolute atomic E-state index is 0.221. The lowest BCUT2D eigenvalue weighted by atomic mass is 10.3. The Morgan fingerprint density at radius 3 is 2.82 bits per heavy atom. The van der Waals surface area contributed by atoms with Gasteiger partial charge in [-0.1, -0.05) is 0 Å². The quantitative estimate of drug-likeness (QED) is 0.452. The number of hydrazine groups is 1. The van der Waals surface area contributed by atoms with Gasteiger partial charge in [-0.15, -0.1) is 0 Å². The Labute approximate surface area is 65.6 Å². The first kappa shape index (κ1) is 8.23. The zero-order chi connectivity index (χ0) is 8.48. The molecule has 0 spiro atoms. The second kappa shape index (κ2) is 2.64. The van der Waals surface area contributed by atoms with Crippen molar-refractivity contribution < 1.29 is 9.53 Å². The maximum absolute atomic E-state index is 10.9. The fourth-order valence-corrected chi connectivity index (χ4v) is 1.02. The van der Waals surface area contributed by atoms with Crippen LogP contribution < -0.4 is 5.84 Å². The monoisotopic (exact) mass is 156 g/mol. The Hall–Kier alpha value is -0.870. The van der Waals surface area contributed by atoms with Crippen LogP contribution in [0.25, 0.3) is 0 Å². The summed E-state index contributed by atoms with van der Waals surface area (Å²) in [5, 5.41) is 1.08. The highest BCUT2D eigenvalue weighted by Crippen LogP contribution is 2.20. The van der Waals surface area contributed by atoms with Crippen LogP contribution in [0.4, 0.5) is 0 Å². The number of hydrogen-bond donors (Lipinski definition) is 1. The molecular weight excluding hydrogens is 144 g/mol. The van der Waals surface area contributed by atoms with E-state index in [1.807, 2.05) is 6.92 Å². The van der Waals surface area contributed by atoms with Gasteiger partial charge in [0.25, 0.3) is 5.91 Å². The van der Waals surface area contributed by atoms with Crippen molar-refractivity contribution in [1.82, 2.24) is 5.01 Å². The minimum atomic E-state index is -0.744. The first-order chi connectivity index (χ1) is 5.10. The molecule has 1 amide bonds. The topological polar surface area (TPSA) is 55.6 Å². The number of nitrogens with two attached hydrogens (primary N) is 1. The first-order valence-electron chi connectivity index (χ1n) is 3.52. The third-order valence-electron chi connectivity index (χ3n) is 1.69. The van der Waals surface area contributed by atoms with Crippen LogP contribution in [0.2, 0.25) is 0 Å². The lowest BCUT2D eigenvalue weighted by Crippen LogP contribution is -2.50. The highest BCUT2D eigenvalue weighted by atomic mass is 16.5.